The van der Waals surface area contributed by atoms with Crippen LogP contribution in [0, 0.1) is 24.2 Å². The molecule has 0 radical (unpaired) electrons. The minimum Gasteiger partial charge on any atom is -0.469 e. The maximum atomic E-state index is 12.4. The van der Waals surface area contributed by atoms with E-state index in [1.54, 1.807) is 20.0 Å². The Kier molecular flexibility index (Phi) is 4.18. The van der Waals surface area contributed by atoms with Crippen LogP contribution in [0.25, 0.3) is 0 Å². The summed E-state index contributed by atoms with van der Waals surface area (Å²) in [5.41, 5.74) is 0.825. The predicted octanol–water partition coefficient (Wildman–Crippen LogP) is 2.72. The molecule has 0 aliphatic rings. The normalized spacial score (nSPS) is 13.7. The van der Waals surface area contributed by atoms with Crippen molar-refractivity contribution in [2.24, 2.45) is 5.92 Å². The summed E-state index contributed by atoms with van der Waals surface area (Å²) in [5.74, 6) is -1.28. The minimum atomic E-state index is -4.48. The molecule has 0 bridgehead atoms. The molecular formula is C11H13F3N2O. The van der Waals surface area contributed by atoms with Crippen LogP contribution in [0.2, 0.25) is 0 Å². The van der Waals surface area contributed by atoms with Crippen LogP contribution in [-0.2, 0) is 6.54 Å². The second-order valence-electron chi connectivity index (χ2n) is 3.92. The molecule has 1 aromatic rings. The van der Waals surface area contributed by atoms with Crippen LogP contribution in [0.15, 0.2) is 16.7 Å². The Morgan fingerprint density at radius 1 is 1.53 bits per heavy atom. The SMILES string of the molecule is Cc1occc1CN(C)CC(C#N)C(F)(F)F. The summed E-state index contributed by atoms with van der Waals surface area (Å²) in [6.07, 6.45) is -2.99. The molecule has 0 fully saturated rings. The maximum absolute atomic E-state index is 12.4. The second kappa shape index (κ2) is 5.23. The maximum Gasteiger partial charge on any atom is 0.405 e. The van der Waals surface area contributed by atoms with Crippen molar-refractivity contribution in [3.8, 4) is 6.07 Å². The van der Waals surface area contributed by atoms with Crippen LogP contribution < -0.4 is 0 Å². The molecule has 1 rings (SSSR count). The van der Waals surface area contributed by atoms with Crippen LogP contribution in [0.1, 0.15) is 11.3 Å². The first kappa shape index (κ1) is 13.6. The Balaban J connectivity index is 2.58. The molecule has 0 N–H and O–H groups in total. The van der Waals surface area contributed by atoms with E-state index >= 15 is 0 Å². The fourth-order valence-corrected chi connectivity index (χ4v) is 1.46. The van der Waals surface area contributed by atoms with Gasteiger partial charge >= 0.3 is 6.18 Å². The number of alkyl halides is 3. The molecule has 6 heteroatoms. The van der Waals surface area contributed by atoms with E-state index in [2.05, 4.69) is 0 Å². The number of hydrogen-bond acceptors (Lipinski definition) is 3. The number of halogens is 3. The highest BCUT2D eigenvalue weighted by Crippen LogP contribution is 2.26. The first-order chi connectivity index (χ1) is 7.84. The molecule has 0 spiro atoms. The molecule has 0 aliphatic carbocycles. The van der Waals surface area contributed by atoms with Gasteiger partial charge in [-0.1, -0.05) is 0 Å². The van der Waals surface area contributed by atoms with Gasteiger partial charge in [0, 0.05) is 18.7 Å². The zero-order valence-electron chi connectivity index (χ0n) is 9.58. The van der Waals surface area contributed by atoms with Gasteiger partial charge in [0.25, 0.3) is 0 Å². The molecule has 0 aromatic carbocycles. The summed E-state index contributed by atoms with van der Waals surface area (Å²) < 4.78 is 42.2. The minimum absolute atomic E-state index is 0.330. The van der Waals surface area contributed by atoms with Gasteiger partial charge in [-0.15, -0.1) is 0 Å². The van der Waals surface area contributed by atoms with Gasteiger partial charge < -0.3 is 9.32 Å². The highest BCUT2D eigenvalue weighted by atomic mass is 19.4. The third-order valence-electron chi connectivity index (χ3n) is 2.45. The highest BCUT2D eigenvalue weighted by molar-refractivity contribution is 5.15. The molecule has 0 aliphatic heterocycles. The molecule has 0 saturated heterocycles. The second-order valence-corrected chi connectivity index (χ2v) is 3.92. The lowest BCUT2D eigenvalue weighted by Crippen LogP contribution is -2.33. The Morgan fingerprint density at radius 2 is 2.18 bits per heavy atom. The van der Waals surface area contributed by atoms with Gasteiger partial charge in [0.2, 0.25) is 0 Å². The molecule has 1 aromatic heterocycles. The average molecular weight is 246 g/mol. The van der Waals surface area contributed by atoms with Crippen LogP contribution in [0.3, 0.4) is 0 Å². The van der Waals surface area contributed by atoms with Crippen LogP contribution >= 0.6 is 0 Å². The van der Waals surface area contributed by atoms with E-state index in [1.807, 2.05) is 0 Å². The number of furan rings is 1. The lowest BCUT2D eigenvalue weighted by atomic mass is 10.1. The van der Waals surface area contributed by atoms with Crippen molar-refractivity contribution in [2.75, 3.05) is 13.6 Å². The number of nitrogens with zero attached hydrogens (tertiary/aromatic N) is 2. The first-order valence-electron chi connectivity index (χ1n) is 5.02. The van der Waals surface area contributed by atoms with Crippen LogP contribution in [0.4, 0.5) is 13.2 Å². The molecule has 3 nitrogen and oxygen atoms in total. The molecule has 1 unspecified atom stereocenters. The average Bonchev–Trinajstić information content (AvgIpc) is 2.59. The van der Waals surface area contributed by atoms with Gasteiger partial charge in [-0.05, 0) is 20.0 Å². The van der Waals surface area contributed by atoms with E-state index < -0.39 is 12.1 Å². The Labute approximate surface area is 97.4 Å². The van der Waals surface area contributed by atoms with Crippen LogP contribution in [-0.4, -0.2) is 24.7 Å². The van der Waals surface area contributed by atoms with E-state index in [0.717, 1.165) is 5.56 Å². The molecule has 17 heavy (non-hydrogen) atoms. The first-order valence-corrected chi connectivity index (χ1v) is 5.02. The van der Waals surface area contributed by atoms with E-state index in [1.165, 1.54) is 17.2 Å². The number of hydrogen-bond donors (Lipinski definition) is 0. The summed E-state index contributed by atoms with van der Waals surface area (Å²) in [5, 5.41) is 8.48. The topological polar surface area (TPSA) is 40.2 Å². The summed E-state index contributed by atoms with van der Waals surface area (Å²) in [6.45, 7) is 1.73. The lowest BCUT2D eigenvalue weighted by Gasteiger charge is -2.21. The zero-order chi connectivity index (χ0) is 13.1. The van der Waals surface area contributed by atoms with Gasteiger partial charge in [-0.25, -0.2) is 0 Å². The zero-order valence-corrected chi connectivity index (χ0v) is 9.58. The van der Waals surface area contributed by atoms with Gasteiger partial charge in [0.05, 0.1) is 12.3 Å². The fraction of sp³-hybridized carbons (Fsp3) is 0.545. The quantitative estimate of drug-likeness (QED) is 0.820. The third kappa shape index (κ3) is 3.79. The van der Waals surface area contributed by atoms with E-state index in [-0.39, 0.29) is 6.54 Å². The molecule has 94 valence electrons. The van der Waals surface area contributed by atoms with Crippen molar-refractivity contribution in [1.29, 1.82) is 5.26 Å². The molecule has 0 amide bonds. The highest BCUT2D eigenvalue weighted by Gasteiger charge is 2.40. The summed E-state index contributed by atoms with van der Waals surface area (Å²) in [7, 11) is 1.54. The summed E-state index contributed by atoms with van der Waals surface area (Å²) in [4.78, 5) is 1.46. The lowest BCUT2D eigenvalue weighted by molar-refractivity contribution is -0.162. The van der Waals surface area contributed by atoms with E-state index in [0.29, 0.717) is 12.3 Å². The third-order valence-corrected chi connectivity index (χ3v) is 2.45. The monoisotopic (exact) mass is 246 g/mol. The largest absolute Gasteiger partial charge is 0.469 e. The number of aryl methyl sites for hydroxylation is 1. The van der Waals surface area contributed by atoms with E-state index in [9.17, 15) is 13.2 Å². The van der Waals surface area contributed by atoms with Gasteiger partial charge in [-0.2, -0.15) is 18.4 Å². The van der Waals surface area contributed by atoms with Crippen LogP contribution in [0.5, 0.6) is 0 Å². The number of nitriles is 1. The fourth-order valence-electron chi connectivity index (χ4n) is 1.46. The van der Waals surface area contributed by atoms with Crippen molar-refractivity contribution >= 4 is 0 Å². The standard InChI is InChI=1S/C11H13F3N2O/c1-8-9(3-4-17-8)6-16(2)7-10(5-15)11(12,13)14/h3-4,10H,6-7H2,1-2H3. The number of rotatable bonds is 4. The van der Waals surface area contributed by atoms with Gasteiger partial charge in [0.15, 0.2) is 5.92 Å². The predicted molar refractivity (Wildman–Crippen MR) is 54.9 cm³/mol. The smallest absolute Gasteiger partial charge is 0.405 e. The molecule has 0 saturated carbocycles. The Hall–Kier alpha value is -1.48. The van der Waals surface area contributed by atoms with Crippen molar-refractivity contribution in [1.82, 2.24) is 4.90 Å². The molecular weight excluding hydrogens is 233 g/mol. The molecule has 1 atom stereocenters. The Morgan fingerprint density at radius 3 is 2.59 bits per heavy atom. The summed E-state index contributed by atoms with van der Waals surface area (Å²) in [6, 6.07) is 2.99. The van der Waals surface area contributed by atoms with Crippen molar-refractivity contribution in [3.05, 3.63) is 23.7 Å². The Bertz CT molecular complexity index is 406. The van der Waals surface area contributed by atoms with Gasteiger partial charge in [0.1, 0.15) is 5.76 Å². The van der Waals surface area contributed by atoms with Gasteiger partial charge in [-0.3, -0.25) is 0 Å². The summed E-state index contributed by atoms with van der Waals surface area (Å²) >= 11 is 0. The van der Waals surface area contributed by atoms with Crippen molar-refractivity contribution < 1.29 is 17.6 Å². The molecule has 1 heterocycles. The van der Waals surface area contributed by atoms with E-state index in [4.69, 9.17) is 9.68 Å². The van der Waals surface area contributed by atoms with Crippen molar-refractivity contribution in [2.45, 2.75) is 19.6 Å². The van der Waals surface area contributed by atoms with Crippen molar-refractivity contribution in [3.63, 3.8) is 0 Å².